The number of aliphatic hydroxyl groups excluding tert-OH is 1. The molecule has 0 heterocycles. The second-order valence-electron chi connectivity index (χ2n) is 6.11. The first-order valence-electron chi connectivity index (χ1n) is 9.37. The zero-order valence-corrected chi connectivity index (χ0v) is 16.1. The molecule has 146 valence electrons. The maximum absolute atomic E-state index is 8.74. The van der Waals surface area contributed by atoms with Gasteiger partial charge in [-0.15, -0.1) is 0 Å². The smallest absolute Gasteiger partial charge is 0.394 e. The van der Waals surface area contributed by atoms with Gasteiger partial charge in [0.25, 0.3) is 0 Å². The van der Waals surface area contributed by atoms with Gasteiger partial charge in [0.05, 0.1) is 0 Å². The van der Waals surface area contributed by atoms with Crippen molar-refractivity contribution in [3.8, 4) is 0 Å². The molecule has 0 aliphatic heterocycles. The molecule has 5 nitrogen and oxygen atoms in total. The standard InChI is InChI=1S/C18H36O.H2O4S/c1-2-3-4-5-6-7-8-9-10-11-12-13-14-15-16-17-18-19;1-5(2,3)4/h9-10,19H,2-8,11-18H2,1H3;(H2,1,2,3,4). The van der Waals surface area contributed by atoms with Gasteiger partial charge in [-0.05, 0) is 32.1 Å². The fourth-order valence-corrected chi connectivity index (χ4v) is 2.36. The summed E-state index contributed by atoms with van der Waals surface area (Å²) in [7, 11) is -4.67. The van der Waals surface area contributed by atoms with Gasteiger partial charge in [0.2, 0.25) is 0 Å². The highest BCUT2D eigenvalue weighted by atomic mass is 32.3. The van der Waals surface area contributed by atoms with Crippen LogP contribution in [0.1, 0.15) is 96.8 Å². The summed E-state index contributed by atoms with van der Waals surface area (Å²) in [6.07, 6.45) is 23.2. The molecule has 0 spiro atoms. The number of allylic oxidation sites excluding steroid dienone is 2. The Kier molecular flexibility index (Phi) is 22.2. The minimum Gasteiger partial charge on any atom is -0.396 e. The molecule has 0 aromatic heterocycles. The molecule has 0 rings (SSSR count). The Hall–Kier alpha value is -0.430. The van der Waals surface area contributed by atoms with Crippen molar-refractivity contribution in [2.75, 3.05) is 6.61 Å². The van der Waals surface area contributed by atoms with Crippen LogP contribution in [0.3, 0.4) is 0 Å². The minimum atomic E-state index is -4.67. The van der Waals surface area contributed by atoms with Gasteiger partial charge in [-0.25, -0.2) is 0 Å². The van der Waals surface area contributed by atoms with E-state index in [2.05, 4.69) is 19.1 Å². The Labute approximate surface area is 149 Å². The molecule has 0 aliphatic rings. The third kappa shape index (κ3) is 37.6. The van der Waals surface area contributed by atoms with E-state index in [1.807, 2.05) is 0 Å². The monoisotopic (exact) mass is 366 g/mol. The van der Waals surface area contributed by atoms with Crippen LogP contribution in [0.2, 0.25) is 0 Å². The van der Waals surface area contributed by atoms with Crippen LogP contribution in [0.15, 0.2) is 12.2 Å². The van der Waals surface area contributed by atoms with Crippen molar-refractivity contribution in [1.29, 1.82) is 0 Å². The summed E-state index contributed by atoms with van der Waals surface area (Å²) in [5, 5.41) is 8.66. The van der Waals surface area contributed by atoms with E-state index in [0.29, 0.717) is 6.61 Å². The molecule has 0 radical (unpaired) electrons. The number of aliphatic hydroxyl groups is 1. The summed E-state index contributed by atoms with van der Waals surface area (Å²) in [5.74, 6) is 0. The van der Waals surface area contributed by atoms with Crippen molar-refractivity contribution >= 4 is 10.4 Å². The van der Waals surface area contributed by atoms with Crippen LogP contribution >= 0.6 is 0 Å². The highest BCUT2D eigenvalue weighted by Crippen LogP contribution is 2.09. The van der Waals surface area contributed by atoms with Crippen molar-refractivity contribution in [2.45, 2.75) is 96.8 Å². The van der Waals surface area contributed by atoms with Gasteiger partial charge in [-0.3, -0.25) is 9.11 Å². The molecule has 6 heteroatoms. The maximum Gasteiger partial charge on any atom is 0.394 e. The van der Waals surface area contributed by atoms with Crippen LogP contribution < -0.4 is 0 Å². The van der Waals surface area contributed by atoms with E-state index in [-0.39, 0.29) is 0 Å². The molecular weight excluding hydrogens is 328 g/mol. The topological polar surface area (TPSA) is 94.8 Å². The van der Waals surface area contributed by atoms with E-state index in [1.165, 1.54) is 83.5 Å². The normalized spacial score (nSPS) is 11.5. The molecule has 24 heavy (non-hydrogen) atoms. The zero-order valence-electron chi connectivity index (χ0n) is 15.3. The SMILES string of the molecule is CCCCCCCCC=CCCCCCCCCO.O=S(=O)(O)O. The lowest BCUT2D eigenvalue weighted by atomic mass is 10.1. The maximum atomic E-state index is 8.74. The van der Waals surface area contributed by atoms with Crippen LogP contribution in [0.5, 0.6) is 0 Å². The van der Waals surface area contributed by atoms with Crippen LogP contribution in [0.25, 0.3) is 0 Å². The largest absolute Gasteiger partial charge is 0.396 e. The van der Waals surface area contributed by atoms with Crippen LogP contribution in [0.4, 0.5) is 0 Å². The van der Waals surface area contributed by atoms with Gasteiger partial charge in [0.1, 0.15) is 0 Å². The molecule has 0 unspecified atom stereocenters. The quantitative estimate of drug-likeness (QED) is 0.206. The lowest BCUT2D eigenvalue weighted by molar-refractivity contribution is 0.282. The lowest BCUT2D eigenvalue weighted by Crippen LogP contribution is -1.89. The fourth-order valence-electron chi connectivity index (χ4n) is 2.36. The zero-order chi connectivity index (χ0) is 18.5. The Bertz CT molecular complexity index is 344. The highest BCUT2D eigenvalue weighted by Gasteiger charge is 1.90. The Balaban J connectivity index is 0. The minimum absolute atomic E-state index is 0.362. The second kappa shape index (κ2) is 20.6. The summed E-state index contributed by atoms with van der Waals surface area (Å²) in [6.45, 7) is 2.64. The van der Waals surface area contributed by atoms with E-state index in [0.717, 1.165) is 6.42 Å². The van der Waals surface area contributed by atoms with E-state index in [9.17, 15) is 0 Å². The third-order valence-electron chi connectivity index (χ3n) is 3.67. The first-order valence-corrected chi connectivity index (χ1v) is 10.8. The van der Waals surface area contributed by atoms with E-state index in [1.54, 1.807) is 0 Å². The molecule has 0 bridgehead atoms. The molecule has 0 fully saturated rings. The predicted molar refractivity (Wildman–Crippen MR) is 101 cm³/mol. The van der Waals surface area contributed by atoms with E-state index >= 15 is 0 Å². The fraction of sp³-hybridized carbons (Fsp3) is 0.889. The Morgan fingerprint density at radius 3 is 1.38 bits per heavy atom. The predicted octanol–water partition coefficient (Wildman–Crippen LogP) is 5.36. The number of rotatable bonds is 15. The summed E-state index contributed by atoms with van der Waals surface area (Å²) < 4.78 is 31.6. The van der Waals surface area contributed by atoms with Gasteiger partial charge >= 0.3 is 10.4 Å². The van der Waals surface area contributed by atoms with Crippen molar-refractivity contribution < 1.29 is 22.6 Å². The van der Waals surface area contributed by atoms with Crippen molar-refractivity contribution in [3.05, 3.63) is 12.2 Å². The van der Waals surface area contributed by atoms with Gasteiger partial charge < -0.3 is 5.11 Å². The number of hydrogen-bond donors (Lipinski definition) is 3. The van der Waals surface area contributed by atoms with E-state index < -0.39 is 10.4 Å². The molecule has 0 aromatic rings. The Morgan fingerprint density at radius 1 is 0.667 bits per heavy atom. The van der Waals surface area contributed by atoms with Crippen molar-refractivity contribution in [2.24, 2.45) is 0 Å². The first-order chi connectivity index (χ1) is 11.4. The molecule has 0 amide bonds. The summed E-state index contributed by atoms with van der Waals surface area (Å²) in [4.78, 5) is 0. The molecule has 0 saturated heterocycles. The Morgan fingerprint density at radius 2 is 1.00 bits per heavy atom. The van der Waals surface area contributed by atoms with Gasteiger partial charge in [-0.1, -0.05) is 76.9 Å². The molecule has 3 N–H and O–H groups in total. The van der Waals surface area contributed by atoms with Crippen molar-refractivity contribution in [3.63, 3.8) is 0 Å². The molecule has 0 saturated carbocycles. The highest BCUT2D eigenvalue weighted by molar-refractivity contribution is 7.79. The summed E-state index contributed by atoms with van der Waals surface area (Å²) in [5.41, 5.74) is 0. The summed E-state index contributed by atoms with van der Waals surface area (Å²) >= 11 is 0. The second-order valence-corrected chi connectivity index (χ2v) is 7.00. The van der Waals surface area contributed by atoms with Crippen LogP contribution in [-0.4, -0.2) is 29.2 Å². The number of hydrogen-bond acceptors (Lipinski definition) is 3. The average molecular weight is 367 g/mol. The molecule has 0 aromatic carbocycles. The first kappa shape index (κ1) is 25.8. The summed E-state index contributed by atoms with van der Waals surface area (Å²) in [6, 6.07) is 0. The number of unbranched alkanes of at least 4 members (excludes halogenated alkanes) is 12. The average Bonchev–Trinajstić information content (AvgIpc) is 2.49. The van der Waals surface area contributed by atoms with E-state index in [4.69, 9.17) is 22.6 Å². The van der Waals surface area contributed by atoms with Crippen LogP contribution in [0, 0.1) is 0 Å². The lowest BCUT2D eigenvalue weighted by Gasteiger charge is -1.99. The third-order valence-corrected chi connectivity index (χ3v) is 3.67. The van der Waals surface area contributed by atoms with Crippen molar-refractivity contribution in [1.82, 2.24) is 0 Å². The molecular formula is C18H38O5S. The van der Waals surface area contributed by atoms with Crippen LogP contribution in [-0.2, 0) is 10.4 Å². The molecule has 0 atom stereocenters. The van der Waals surface area contributed by atoms with Gasteiger partial charge in [0, 0.05) is 6.61 Å². The molecule has 0 aliphatic carbocycles. The van der Waals surface area contributed by atoms with Gasteiger partial charge in [0.15, 0.2) is 0 Å². The van der Waals surface area contributed by atoms with Gasteiger partial charge in [-0.2, -0.15) is 8.42 Å².